The second kappa shape index (κ2) is 10.2. The van der Waals surface area contributed by atoms with Gasteiger partial charge in [0, 0.05) is 11.1 Å². The van der Waals surface area contributed by atoms with Crippen molar-refractivity contribution in [3.05, 3.63) is 65.8 Å². The molecular weight excluding hydrogens is 286 g/mol. The van der Waals surface area contributed by atoms with Crippen molar-refractivity contribution in [2.45, 2.75) is 34.1 Å². The van der Waals surface area contributed by atoms with Crippen molar-refractivity contribution >= 4 is 12.0 Å². The van der Waals surface area contributed by atoms with Crippen LogP contribution >= 0.6 is 0 Å². The number of benzene rings is 1. The Morgan fingerprint density at radius 2 is 1.87 bits per heavy atom. The van der Waals surface area contributed by atoms with E-state index >= 15 is 0 Å². The fourth-order valence-corrected chi connectivity index (χ4v) is 1.62. The summed E-state index contributed by atoms with van der Waals surface area (Å²) in [5.41, 5.74) is 2.17. The summed E-state index contributed by atoms with van der Waals surface area (Å²) in [6.07, 6.45) is 6.20. The summed E-state index contributed by atoms with van der Waals surface area (Å²) in [7, 11) is 0. The molecule has 0 radical (unpaired) electrons. The molecule has 0 saturated heterocycles. The Balaban J connectivity index is 0.000000438. The number of rotatable bonds is 4. The Labute approximate surface area is 139 Å². The second-order valence-electron chi connectivity index (χ2n) is 6.38. The lowest BCUT2D eigenvalue weighted by Crippen LogP contribution is -2.10. The van der Waals surface area contributed by atoms with Crippen LogP contribution in [-0.4, -0.2) is 11.1 Å². The van der Waals surface area contributed by atoms with E-state index in [-0.39, 0.29) is 11.0 Å². The minimum Gasteiger partial charge on any atom is -0.478 e. The van der Waals surface area contributed by atoms with E-state index < -0.39 is 5.97 Å². The maximum Gasteiger partial charge on any atom is 0.330 e. The van der Waals surface area contributed by atoms with Gasteiger partial charge < -0.3 is 5.11 Å². The van der Waals surface area contributed by atoms with E-state index in [1.807, 2.05) is 63.3 Å². The molecular formula is C20H25NO2. The first kappa shape index (κ1) is 20.4. The maximum absolute atomic E-state index is 10.3. The lowest BCUT2D eigenvalue weighted by molar-refractivity contribution is -0.133. The molecule has 0 atom stereocenters. The summed E-state index contributed by atoms with van der Waals surface area (Å²) in [6, 6.07) is 12.1. The van der Waals surface area contributed by atoms with E-state index in [0.717, 1.165) is 5.56 Å². The van der Waals surface area contributed by atoms with Crippen LogP contribution in [0.3, 0.4) is 0 Å². The van der Waals surface area contributed by atoms with Gasteiger partial charge in [0.25, 0.3) is 0 Å². The molecule has 1 rings (SSSR count). The molecule has 1 N–H and O–H groups in total. The smallest absolute Gasteiger partial charge is 0.330 e. The van der Waals surface area contributed by atoms with Crippen molar-refractivity contribution in [2.75, 3.05) is 0 Å². The zero-order valence-corrected chi connectivity index (χ0v) is 14.3. The molecule has 23 heavy (non-hydrogen) atoms. The number of nitriles is 1. The SMILES string of the molecule is C=C(CC(C)(C)C)C(=O)O.CC(C#N)=CC=Cc1ccccc1. The third-order valence-corrected chi connectivity index (χ3v) is 2.66. The molecule has 1 aromatic rings. The van der Waals surface area contributed by atoms with Gasteiger partial charge in [-0.05, 0) is 30.4 Å². The number of hydrogen-bond acceptors (Lipinski definition) is 2. The lowest BCUT2D eigenvalue weighted by atomic mass is 9.88. The predicted octanol–water partition coefficient (Wildman–Crippen LogP) is 5.23. The molecule has 0 spiro atoms. The van der Waals surface area contributed by atoms with Gasteiger partial charge in [-0.1, -0.05) is 69.8 Å². The monoisotopic (exact) mass is 311 g/mol. The van der Waals surface area contributed by atoms with Gasteiger partial charge in [0.2, 0.25) is 0 Å². The van der Waals surface area contributed by atoms with Gasteiger partial charge in [0.1, 0.15) is 0 Å². The van der Waals surface area contributed by atoms with Crippen LogP contribution in [0.4, 0.5) is 0 Å². The Kier molecular flexibility index (Phi) is 9.03. The molecule has 0 amide bonds. The van der Waals surface area contributed by atoms with Crippen molar-refractivity contribution in [1.29, 1.82) is 5.26 Å². The topological polar surface area (TPSA) is 61.1 Å². The highest BCUT2D eigenvalue weighted by Crippen LogP contribution is 2.22. The molecule has 3 heteroatoms. The molecule has 0 aliphatic carbocycles. The summed E-state index contributed by atoms with van der Waals surface area (Å²) in [4.78, 5) is 10.3. The highest BCUT2D eigenvalue weighted by atomic mass is 16.4. The largest absolute Gasteiger partial charge is 0.478 e. The van der Waals surface area contributed by atoms with Gasteiger partial charge in [-0.15, -0.1) is 0 Å². The zero-order valence-electron chi connectivity index (χ0n) is 14.3. The van der Waals surface area contributed by atoms with Crippen LogP contribution in [0.5, 0.6) is 0 Å². The van der Waals surface area contributed by atoms with Crippen molar-refractivity contribution in [1.82, 2.24) is 0 Å². The van der Waals surface area contributed by atoms with Gasteiger partial charge in [-0.25, -0.2) is 4.79 Å². The average Bonchev–Trinajstić information content (AvgIpc) is 2.47. The van der Waals surface area contributed by atoms with Crippen LogP contribution in [-0.2, 0) is 4.79 Å². The quantitative estimate of drug-likeness (QED) is 0.470. The van der Waals surface area contributed by atoms with Gasteiger partial charge in [-0.2, -0.15) is 5.26 Å². The van der Waals surface area contributed by atoms with E-state index in [9.17, 15) is 4.79 Å². The first-order valence-corrected chi connectivity index (χ1v) is 7.37. The molecule has 0 aliphatic rings. The maximum atomic E-state index is 10.3. The van der Waals surface area contributed by atoms with E-state index in [1.165, 1.54) is 0 Å². The first-order valence-electron chi connectivity index (χ1n) is 7.37. The Bertz CT molecular complexity index is 611. The number of carbonyl (C=O) groups is 1. The number of aliphatic carboxylic acids is 1. The summed E-state index contributed by atoms with van der Waals surface area (Å²) >= 11 is 0. The van der Waals surface area contributed by atoms with Crippen molar-refractivity contribution in [2.24, 2.45) is 5.41 Å². The molecule has 0 fully saturated rings. The van der Waals surface area contributed by atoms with E-state index in [4.69, 9.17) is 10.4 Å². The number of carboxylic acid groups (broad SMARTS) is 1. The van der Waals surface area contributed by atoms with E-state index in [2.05, 4.69) is 12.6 Å². The molecule has 0 aliphatic heterocycles. The number of nitrogens with zero attached hydrogens (tertiary/aromatic N) is 1. The normalized spacial score (nSPS) is 11.3. The van der Waals surface area contributed by atoms with Gasteiger partial charge in [0.05, 0.1) is 6.07 Å². The van der Waals surface area contributed by atoms with Crippen LogP contribution in [0, 0.1) is 16.7 Å². The molecule has 1 aromatic carbocycles. The summed E-state index contributed by atoms with van der Waals surface area (Å²) < 4.78 is 0. The van der Waals surface area contributed by atoms with Crippen molar-refractivity contribution < 1.29 is 9.90 Å². The predicted molar refractivity (Wildman–Crippen MR) is 95.7 cm³/mol. The fourth-order valence-electron chi connectivity index (χ4n) is 1.62. The molecule has 0 heterocycles. The van der Waals surface area contributed by atoms with E-state index in [1.54, 1.807) is 13.0 Å². The van der Waals surface area contributed by atoms with Crippen molar-refractivity contribution in [3.8, 4) is 6.07 Å². The van der Waals surface area contributed by atoms with Crippen LogP contribution in [0.25, 0.3) is 6.08 Å². The summed E-state index contributed by atoms with van der Waals surface area (Å²) in [5, 5.41) is 16.9. The van der Waals surface area contributed by atoms with Crippen LogP contribution in [0.15, 0.2) is 60.2 Å². The Morgan fingerprint density at radius 3 is 2.26 bits per heavy atom. The van der Waals surface area contributed by atoms with Gasteiger partial charge in [-0.3, -0.25) is 0 Å². The van der Waals surface area contributed by atoms with E-state index in [0.29, 0.717) is 12.0 Å². The number of hydrogen-bond donors (Lipinski definition) is 1. The summed E-state index contributed by atoms with van der Waals surface area (Å²) in [5.74, 6) is -0.894. The third-order valence-electron chi connectivity index (χ3n) is 2.66. The van der Waals surface area contributed by atoms with Gasteiger partial charge >= 0.3 is 5.97 Å². The zero-order chi connectivity index (χ0) is 17.9. The highest BCUT2D eigenvalue weighted by molar-refractivity contribution is 5.85. The molecule has 0 aromatic heterocycles. The minimum atomic E-state index is -0.894. The standard InChI is InChI=1S/C12H11N.C8H14O2/c1-11(10-13)6-5-9-12-7-3-2-4-8-12;1-6(7(9)10)5-8(2,3)4/h2-9H,1H3;1,5H2,2-4H3,(H,9,10). The minimum absolute atomic E-state index is 0.0233. The summed E-state index contributed by atoms with van der Waals surface area (Å²) in [6.45, 7) is 11.2. The number of allylic oxidation sites excluding steroid dienone is 3. The molecule has 122 valence electrons. The molecule has 0 bridgehead atoms. The number of carboxylic acids is 1. The van der Waals surface area contributed by atoms with Crippen molar-refractivity contribution in [3.63, 3.8) is 0 Å². The van der Waals surface area contributed by atoms with Crippen LogP contribution < -0.4 is 0 Å². The Morgan fingerprint density at radius 1 is 1.30 bits per heavy atom. The first-order chi connectivity index (χ1) is 10.7. The molecule has 0 saturated carbocycles. The third kappa shape index (κ3) is 11.7. The van der Waals surface area contributed by atoms with Crippen LogP contribution in [0.2, 0.25) is 0 Å². The highest BCUT2D eigenvalue weighted by Gasteiger charge is 2.15. The fraction of sp³-hybridized carbons (Fsp3) is 0.300. The Hall–Kier alpha value is -2.60. The molecule has 3 nitrogen and oxygen atoms in total. The van der Waals surface area contributed by atoms with Gasteiger partial charge in [0.15, 0.2) is 0 Å². The average molecular weight is 311 g/mol. The molecule has 0 unspecified atom stereocenters. The van der Waals surface area contributed by atoms with Crippen LogP contribution in [0.1, 0.15) is 39.7 Å². The second-order valence-corrected chi connectivity index (χ2v) is 6.38. The lowest BCUT2D eigenvalue weighted by Gasteiger charge is -2.17.